The van der Waals surface area contributed by atoms with Crippen LogP contribution < -0.4 is 0 Å². The van der Waals surface area contributed by atoms with Crippen molar-refractivity contribution in [1.29, 1.82) is 0 Å². The van der Waals surface area contributed by atoms with Crippen molar-refractivity contribution in [2.75, 3.05) is 27.4 Å². The van der Waals surface area contributed by atoms with Crippen molar-refractivity contribution in [3.05, 3.63) is 35.9 Å². The molecule has 0 aliphatic heterocycles. The summed E-state index contributed by atoms with van der Waals surface area (Å²) in [6.07, 6.45) is 0.564. The summed E-state index contributed by atoms with van der Waals surface area (Å²) in [7, 11) is 3.32. The standard InChI is InChI=1S/C16H26O4/c1-13(2)19-11-15(17-3)12-20-16(18-4)10-14-8-6-5-7-9-14/h5-9,13,15-16H,10-12H2,1-4H3. The van der Waals surface area contributed by atoms with Gasteiger partial charge in [0.25, 0.3) is 0 Å². The van der Waals surface area contributed by atoms with Crippen LogP contribution in [0.15, 0.2) is 30.3 Å². The van der Waals surface area contributed by atoms with Crippen LogP contribution in [0.25, 0.3) is 0 Å². The zero-order chi connectivity index (χ0) is 14.8. The number of rotatable bonds is 10. The lowest BCUT2D eigenvalue weighted by Crippen LogP contribution is -2.30. The van der Waals surface area contributed by atoms with E-state index < -0.39 is 0 Å². The molecule has 0 aliphatic carbocycles. The van der Waals surface area contributed by atoms with E-state index in [0.717, 1.165) is 6.42 Å². The van der Waals surface area contributed by atoms with Gasteiger partial charge in [0.15, 0.2) is 6.29 Å². The highest BCUT2D eigenvalue weighted by molar-refractivity contribution is 5.14. The highest BCUT2D eigenvalue weighted by Crippen LogP contribution is 2.08. The minimum Gasteiger partial charge on any atom is -0.377 e. The third-order valence-corrected chi connectivity index (χ3v) is 2.92. The first-order valence-electron chi connectivity index (χ1n) is 6.98. The molecule has 114 valence electrons. The van der Waals surface area contributed by atoms with Gasteiger partial charge in [-0.1, -0.05) is 30.3 Å². The molecule has 0 bridgehead atoms. The summed E-state index contributed by atoms with van der Waals surface area (Å²) in [6.45, 7) is 4.98. The first-order valence-corrected chi connectivity index (χ1v) is 6.98. The molecular weight excluding hydrogens is 256 g/mol. The van der Waals surface area contributed by atoms with Crippen molar-refractivity contribution < 1.29 is 18.9 Å². The lowest BCUT2D eigenvalue weighted by atomic mass is 10.1. The maximum atomic E-state index is 5.75. The SMILES string of the molecule is COC(COC(C)C)COC(Cc1ccccc1)OC. The fourth-order valence-electron chi connectivity index (χ4n) is 1.72. The Morgan fingerprint density at radius 3 is 2.10 bits per heavy atom. The Morgan fingerprint density at radius 1 is 0.900 bits per heavy atom. The highest BCUT2D eigenvalue weighted by atomic mass is 16.7. The van der Waals surface area contributed by atoms with E-state index in [9.17, 15) is 0 Å². The van der Waals surface area contributed by atoms with Crippen LogP contribution in [-0.4, -0.2) is 45.9 Å². The first-order chi connectivity index (χ1) is 9.65. The second kappa shape index (κ2) is 9.88. The van der Waals surface area contributed by atoms with Crippen LogP contribution >= 0.6 is 0 Å². The van der Waals surface area contributed by atoms with Gasteiger partial charge in [-0.05, 0) is 19.4 Å². The Kier molecular flexibility index (Phi) is 8.46. The minimum atomic E-state index is -0.269. The van der Waals surface area contributed by atoms with Gasteiger partial charge in [0.05, 0.1) is 19.3 Å². The topological polar surface area (TPSA) is 36.9 Å². The van der Waals surface area contributed by atoms with Crippen LogP contribution in [-0.2, 0) is 25.4 Å². The van der Waals surface area contributed by atoms with Gasteiger partial charge < -0.3 is 18.9 Å². The summed E-state index contributed by atoms with van der Waals surface area (Å²) in [5.74, 6) is 0. The highest BCUT2D eigenvalue weighted by Gasteiger charge is 2.14. The zero-order valence-corrected chi connectivity index (χ0v) is 12.9. The molecule has 0 fully saturated rings. The molecule has 20 heavy (non-hydrogen) atoms. The summed E-state index contributed by atoms with van der Waals surface area (Å²) < 4.78 is 22.0. The van der Waals surface area contributed by atoms with Crippen LogP contribution in [0.3, 0.4) is 0 Å². The molecule has 0 saturated heterocycles. The second-order valence-corrected chi connectivity index (χ2v) is 4.93. The number of hydrogen-bond acceptors (Lipinski definition) is 4. The largest absolute Gasteiger partial charge is 0.377 e. The molecule has 1 rings (SSSR count). The lowest BCUT2D eigenvalue weighted by Gasteiger charge is -2.21. The molecule has 2 atom stereocenters. The second-order valence-electron chi connectivity index (χ2n) is 4.93. The van der Waals surface area contributed by atoms with Gasteiger partial charge in [-0.2, -0.15) is 0 Å². The van der Waals surface area contributed by atoms with Crippen molar-refractivity contribution in [2.24, 2.45) is 0 Å². The van der Waals surface area contributed by atoms with Crippen LogP contribution in [0.1, 0.15) is 19.4 Å². The van der Waals surface area contributed by atoms with Crippen molar-refractivity contribution >= 4 is 0 Å². The van der Waals surface area contributed by atoms with E-state index in [4.69, 9.17) is 18.9 Å². The molecule has 4 nitrogen and oxygen atoms in total. The van der Waals surface area contributed by atoms with E-state index in [1.165, 1.54) is 5.56 Å². The van der Waals surface area contributed by atoms with Crippen LogP contribution in [0.5, 0.6) is 0 Å². The average Bonchev–Trinajstić information content (AvgIpc) is 2.46. The van der Waals surface area contributed by atoms with Crippen molar-refractivity contribution in [3.8, 4) is 0 Å². The fraction of sp³-hybridized carbons (Fsp3) is 0.625. The molecule has 0 N–H and O–H groups in total. The van der Waals surface area contributed by atoms with Gasteiger partial charge in [-0.15, -0.1) is 0 Å². The molecule has 0 amide bonds. The summed E-state index contributed by atoms with van der Waals surface area (Å²) >= 11 is 0. The molecular formula is C16H26O4. The van der Waals surface area contributed by atoms with E-state index in [1.807, 2.05) is 32.0 Å². The number of ether oxygens (including phenoxy) is 4. The predicted molar refractivity (Wildman–Crippen MR) is 78.8 cm³/mol. The third-order valence-electron chi connectivity index (χ3n) is 2.92. The quantitative estimate of drug-likeness (QED) is 0.618. The van der Waals surface area contributed by atoms with E-state index in [-0.39, 0.29) is 18.5 Å². The average molecular weight is 282 g/mol. The smallest absolute Gasteiger partial charge is 0.161 e. The minimum absolute atomic E-state index is 0.0779. The monoisotopic (exact) mass is 282 g/mol. The van der Waals surface area contributed by atoms with Crippen molar-refractivity contribution in [2.45, 2.75) is 38.8 Å². The van der Waals surface area contributed by atoms with Gasteiger partial charge in [0.2, 0.25) is 0 Å². The molecule has 0 radical (unpaired) electrons. The predicted octanol–water partition coefficient (Wildman–Crippen LogP) is 2.66. The zero-order valence-electron chi connectivity index (χ0n) is 12.9. The van der Waals surface area contributed by atoms with Gasteiger partial charge >= 0.3 is 0 Å². The van der Waals surface area contributed by atoms with E-state index >= 15 is 0 Å². The molecule has 1 aromatic carbocycles. The summed E-state index contributed by atoms with van der Waals surface area (Å²) in [4.78, 5) is 0. The van der Waals surface area contributed by atoms with E-state index in [0.29, 0.717) is 13.2 Å². The molecule has 4 heteroatoms. The molecule has 1 aromatic rings. The summed E-state index contributed by atoms with van der Waals surface area (Å²) in [5.41, 5.74) is 1.19. The lowest BCUT2D eigenvalue weighted by molar-refractivity contribution is -0.153. The molecule has 0 aromatic heterocycles. The molecule has 0 saturated carbocycles. The van der Waals surface area contributed by atoms with Gasteiger partial charge in [-0.25, -0.2) is 0 Å². The maximum absolute atomic E-state index is 5.75. The molecule has 0 spiro atoms. The van der Waals surface area contributed by atoms with Crippen LogP contribution in [0.4, 0.5) is 0 Å². The normalized spacial score (nSPS) is 14.4. The molecule has 0 aliphatic rings. The fourth-order valence-corrected chi connectivity index (χ4v) is 1.72. The Labute approximate surface area is 122 Å². The Bertz CT molecular complexity index is 340. The number of methoxy groups -OCH3 is 2. The van der Waals surface area contributed by atoms with Crippen molar-refractivity contribution in [3.63, 3.8) is 0 Å². The molecule has 0 heterocycles. The van der Waals surface area contributed by atoms with Crippen molar-refractivity contribution in [1.82, 2.24) is 0 Å². The Hall–Kier alpha value is -0.940. The van der Waals surface area contributed by atoms with Crippen LogP contribution in [0.2, 0.25) is 0 Å². The van der Waals surface area contributed by atoms with Gasteiger partial charge in [0, 0.05) is 20.6 Å². The summed E-state index contributed by atoms with van der Waals surface area (Å²) in [5, 5.41) is 0. The van der Waals surface area contributed by atoms with Gasteiger partial charge in [-0.3, -0.25) is 0 Å². The number of benzene rings is 1. The Balaban J connectivity index is 2.35. The third kappa shape index (κ3) is 7.01. The van der Waals surface area contributed by atoms with Gasteiger partial charge in [0.1, 0.15) is 6.10 Å². The van der Waals surface area contributed by atoms with Crippen LogP contribution in [0, 0.1) is 0 Å². The Morgan fingerprint density at radius 2 is 1.55 bits per heavy atom. The number of hydrogen-bond donors (Lipinski definition) is 0. The summed E-state index contributed by atoms with van der Waals surface area (Å²) in [6, 6.07) is 10.1. The first kappa shape index (κ1) is 17.1. The van der Waals surface area contributed by atoms with E-state index in [2.05, 4.69) is 12.1 Å². The van der Waals surface area contributed by atoms with E-state index in [1.54, 1.807) is 14.2 Å². The maximum Gasteiger partial charge on any atom is 0.161 e. The molecule has 2 unspecified atom stereocenters.